The van der Waals surface area contributed by atoms with Crippen LogP contribution in [0.3, 0.4) is 0 Å². The second-order valence-electron chi connectivity index (χ2n) is 11.4. The van der Waals surface area contributed by atoms with Gasteiger partial charge in [0.1, 0.15) is 11.3 Å². The van der Waals surface area contributed by atoms with Gasteiger partial charge in [-0.3, -0.25) is 9.10 Å². The molecule has 1 amide bonds. The van der Waals surface area contributed by atoms with Crippen LogP contribution in [0.2, 0.25) is 5.02 Å². The quantitative estimate of drug-likeness (QED) is 0.154. The number of furan rings is 2. The van der Waals surface area contributed by atoms with Crippen molar-refractivity contribution in [1.29, 1.82) is 0 Å². The van der Waals surface area contributed by atoms with E-state index in [-0.39, 0.29) is 41.8 Å². The second-order valence-corrected chi connectivity index (χ2v) is 13.7. The zero-order valence-electron chi connectivity index (χ0n) is 26.0. The minimum absolute atomic E-state index is 0.0122. The van der Waals surface area contributed by atoms with Gasteiger partial charge in [0.15, 0.2) is 0 Å². The second kappa shape index (κ2) is 13.2. The van der Waals surface area contributed by atoms with Crippen molar-refractivity contribution >= 4 is 55.8 Å². The van der Waals surface area contributed by atoms with Crippen LogP contribution in [0.4, 0.5) is 11.4 Å². The van der Waals surface area contributed by atoms with E-state index < -0.39 is 16.0 Å². The van der Waals surface area contributed by atoms with Gasteiger partial charge in [-0.1, -0.05) is 23.7 Å². The molecule has 1 aliphatic heterocycles. The first-order valence-corrected chi connectivity index (χ1v) is 17.1. The number of aryl methyl sites for hydroxylation is 1. The number of hydrogen-bond donors (Lipinski definition) is 1. The van der Waals surface area contributed by atoms with E-state index in [2.05, 4.69) is 4.90 Å². The number of anilines is 2. The highest BCUT2D eigenvalue weighted by Crippen LogP contribution is 2.35. The van der Waals surface area contributed by atoms with E-state index in [0.29, 0.717) is 38.5 Å². The van der Waals surface area contributed by atoms with Crippen molar-refractivity contribution < 1.29 is 31.9 Å². The van der Waals surface area contributed by atoms with Crippen molar-refractivity contribution in [2.45, 2.75) is 44.7 Å². The number of sulfonamides is 1. The van der Waals surface area contributed by atoms with Gasteiger partial charge in [0.2, 0.25) is 5.76 Å². The van der Waals surface area contributed by atoms with Crippen LogP contribution in [0.25, 0.3) is 11.0 Å². The molecule has 0 spiro atoms. The molecule has 5 aromatic rings. The Morgan fingerprint density at radius 2 is 1.74 bits per heavy atom. The Bertz CT molecular complexity index is 2050. The van der Waals surface area contributed by atoms with Crippen LogP contribution in [-0.4, -0.2) is 49.9 Å². The summed E-state index contributed by atoms with van der Waals surface area (Å²) >= 11 is 6.46. The normalized spacial score (nSPS) is 13.3. The molecule has 47 heavy (non-hydrogen) atoms. The SMILES string of the molecule is CCN(c1ccc(N2CCCC2)cc1CN(Cc1ccco1)C(=O)c1ccccc1Cl)S(=O)(=O)c1ccc2oc(C(=O)O)c(C)c2c1. The summed E-state index contributed by atoms with van der Waals surface area (Å²) in [6, 6.07) is 20.3. The van der Waals surface area contributed by atoms with Gasteiger partial charge in [-0.2, -0.15) is 0 Å². The first-order valence-electron chi connectivity index (χ1n) is 15.3. The largest absolute Gasteiger partial charge is 0.475 e. The number of aromatic carboxylic acids is 1. The van der Waals surface area contributed by atoms with Crippen molar-refractivity contribution in [2.75, 3.05) is 28.8 Å². The number of amides is 1. The Labute approximate surface area is 277 Å². The first kappa shape index (κ1) is 32.2. The third-order valence-corrected chi connectivity index (χ3v) is 10.7. The van der Waals surface area contributed by atoms with Crippen LogP contribution in [0.15, 0.2) is 92.8 Å². The van der Waals surface area contributed by atoms with Gasteiger partial charge in [-0.05, 0) is 92.9 Å². The zero-order valence-corrected chi connectivity index (χ0v) is 27.6. The summed E-state index contributed by atoms with van der Waals surface area (Å²) in [4.78, 5) is 29.5. The van der Waals surface area contributed by atoms with Gasteiger partial charge in [-0.25, -0.2) is 13.2 Å². The van der Waals surface area contributed by atoms with Crippen molar-refractivity contribution in [2.24, 2.45) is 0 Å². The van der Waals surface area contributed by atoms with Crippen LogP contribution in [0, 0.1) is 6.92 Å². The van der Waals surface area contributed by atoms with E-state index in [0.717, 1.165) is 31.6 Å². The highest BCUT2D eigenvalue weighted by molar-refractivity contribution is 7.92. The van der Waals surface area contributed by atoms with E-state index in [1.54, 1.807) is 61.2 Å². The topological polar surface area (TPSA) is 125 Å². The molecule has 0 saturated carbocycles. The molecular formula is C35H34ClN3O7S. The highest BCUT2D eigenvalue weighted by Gasteiger charge is 2.30. The molecular weight excluding hydrogens is 642 g/mol. The fourth-order valence-corrected chi connectivity index (χ4v) is 7.83. The predicted molar refractivity (Wildman–Crippen MR) is 180 cm³/mol. The number of carboxylic acids is 1. The van der Waals surface area contributed by atoms with Gasteiger partial charge in [0, 0.05) is 42.8 Å². The first-order chi connectivity index (χ1) is 22.6. The van der Waals surface area contributed by atoms with Crippen molar-refractivity contribution in [3.63, 3.8) is 0 Å². The summed E-state index contributed by atoms with van der Waals surface area (Å²) < 4.78 is 41.1. The Morgan fingerprint density at radius 1 is 0.979 bits per heavy atom. The third-order valence-electron chi connectivity index (χ3n) is 8.46. The van der Waals surface area contributed by atoms with Crippen molar-refractivity contribution in [3.05, 3.63) is 112 Å². The summed E-state index contributed by atoms with van der Waals surface area (Å²) in [7, 11) is -4.16. The lowest BCUT2D eigenvalue weighted by Gasteiger charge is -2.30. The minimum atomic E-state index is -4.16. The van der Waals surface area contributed by atoms with Crippen LogP contribution in [0.1, 0.15) is 57.6 Å². The molecule has 1 aliphatic rings. The number of carbonyl (C=O) groups excluding carboxylic acids is 1. The molecule has 10 nitrogen and oxygen atoms in total. The van der Waals surface area contributed by atoms with Crippen molar-refractivity contribution in [1.82, 2.24) is 4.90 Å². The molecule has 1 saturated heterocycles. The third kappa shape index (κ3) is 6.33. The van der Waals surface area contributed by atoms with Gasteiger partial charge < -0.3 is 23.7 Å². The van der Waals surface area contributed by atoms with Crippen molar-refractivity contribution in [3.8, 4) is 0 Å². The maximum Gasteiger partial charge on any atom is 0.372 e. The van der Waals surface area contributed by atoms with E-state index in [1.807, 2.05) is 12.1 Å². The molecule has 0 bridgehead atoms. The average molecular weight is 676 g/mol. The van der Waals surface area contributed by atoms with Gasteiger partial charge in [0.05, 0.1) is 34.0 Å². The smallest absolute Gasteiger partial charge is 0.372 e. The Balaban J connectivity index is 1.45. The molecule has 0 unspecified atom stereocenters. The van der Waals surface area contributed by atoms with E-state index in [1.165, 1.54) is 28.8 Å². The van der Waals surface area contributed by atoms with Crippen LogP contribution < -0.4 is 9.21 Å². The molecule has 6 rings (SSSR count). The maximum absolute atomic E-state index is 14.4. The molecule has 3 aromatic carbocycles. The van der Waals surface area contributed by atoms with Gasteiger partial charge >= 0.3 is 5.97 Å². The molecule has 3 heterocycles. The summed E-state index contributed by atoms with van der Waals surface area (Å²) in [5.74, 6) is -1.23. The Hall–Kier alpha value is -4.74. The minimum Gasteiger partial charge on any atom is -0.475 e. The van der Waals surface area contributed by atoms with Gasteiger partial charge in [0.25, 0.3) is 15.9 Å². The number of hydrogen-bond acceptors (Lipinski definition) is 7. The van der Waals surface area contributed by atoms with E-state index >= 15 is 0 Å². The summed E-state index contributed by atoms with van der Waals surface area (Å²) in [5.41, 5.74) is 2.93. The lowest BCUT2D eigenvalue weighted by Crippen LogP contribution is -2.34. The summed E-state index contributed by atoms with van der Waals surface area (Å²) in [6.45, 7) is 5.38. The number of rotatable bonds is 11. The number of halogens is 1. The van der Waals surface area contributed by atoms with Gasteiger partial charge in [-0.15, -0.1) is 0 Å². The predicted octanol–water partition coefficient (Wildman–Crippen LogP) is 7.34. The highest BCUT2D eigenvalue weighted by atomic mass is 35.5. The van der Waals surface area contributed by atoms with E-state index in [9.17, 15) is 23.1 Å². The van der Waals surface area contributed by atoms with Crippen LogP contribution in [-0.2, 0) is 23.1 Å². The van der Waals surface area contributed by atoms with E-state index in [4.69, 9.17) is 20.4 Å². The fourth-order valence-electron chi connectivity index (χ4n) is 6.08. The molecule has 0 atom stereocenters. The fraction of sp³-hybridized carbons (Fsp3) is 0.257. The number of carbonyl (C=O) groups is 2. The monoisotopic (exact) mass is 675 g/mol. The Kier molecular flexibility index (Phi) is 9.03. The molecule has 12 heteroatoms. The molecule has 1 N–H and O–H groups in total. The molecule has 2 aromatic heterocycles. The zero-order chi connectivity index (χ0) is 33.3. The summed E-state index contributed by atoms with van der Waals surface area (Å²) in [5, 5.41) is 10.2. The van der Waals surface area contributed by atoms with Crippen LogP contribution >= 0.6 is 11.6 Å². The molecule has 0 aliphatic carbocycles. The lowest BCUT2D eigenvalue weighted by atomic mass is 10.1. The lowest BCUT2D eigenvalue weighted by molar-refractivity contribution is 0.0662. The summed E-state index contributed by atoms with van der Waals surface area (Å²) in [6.07, 6.45) is 3.65. The molecule has 0 radical (unpaired) electrons. The molecule has 244 valence electrons. The Morgan fingerprint density at radius 3 is 2.43 bits per heavy atom. The average Bonchev–Trinajstić information content (AvgIpc) is 3.84. The number of nitrogens with zero attached hydrogens (tertiary/aromatic N) is 3. The van der Waals surface area contributed by atoms with Crippen LogP contribution in [0.5, 0.6) is 0 Å². The number of carboxylic acid groups (broad SMARTS) is 1. The molecule has 1 fully saturated rings. The number of fused-ring (bicyclic) bond motifs is 1. The standard InChI is InChI=1S/C35H34ClN3O7S/c1-3-39(47(43,44)27-13-15-32-29(20-27)23(2)33(46-32)35(41)42)31-14-12-25(37-16-6-7-17-37)19-24(31)21-38(22-26-9-8-18-45-26)34(40)28-10-4-5-11-30(28)36/h4-5,8-15,18-20H,3,6-7,16-17,21-22H2,1-2H3,(H,41,42). The number of benzene rings is 3. The maximum atomic E-state index is 14.4.